The Morgan fingerprint density at radius 1 is 0.776 bits per heavy atom. The first-order chi connectivity index (χ1) is 26.9. The molecular weight excluding hydrogens is 784 g/mol. The molecule has 58 heavy (non-hydrogen) atoms. The van der Waals surface area contributed by atoms with Crippen molar-refractivity contribution in [2.45, 2.75) is 83.5 Å². The molecule has 4 N–H and O–H groups in total. The van der Waals surface area contributed by atoms with Crippen LogP contribution >= 0.6 is 0 Å². The van der Waals surface area contributed by atoms with Crippen molar-refractivity contribution in [3.63, 3.8) is 0 Å². The Labute approximate surface area is 366 Å². The van der Waals surface area contributed by atoms with Crippen LogP contribution in [0, 0.1) is 0 Å². The SMILES string of the molecule is CC1(C)C(/C=C/C2=C(Oc3ccc(N)c(N)c3)C(=C/C=C3/N(CCCCS(=O)(=O)[O-])c4ccccc4C3(C)C)/CCC2)=[N+](CCCCS(=O)(=O)[O-])c2ccccc21.[Na+]. The van der Waals surface area contributed by atoms with Gasteiger partial charge in [-0.2, -0.15) is 4.58 Å². The molecule has 0 atom stereocenters. The number of hydrogen-bond donors (Lipinski definition) is 2. The Morgan fingerprint density at radius 3 is 2.12 bits per heavy atom. The number of unbranched alkanes of at least 4 members (excludes halogenated alkanes) is 2. The summed E-state index contributed by atoms with van der Waals surface area (Å²) in [5.41, 5.74) is 21.0. The van der Waals surface area contributed by atoms with E-state index in [4.69, 9.17) is 16.2 Å². The summed E-state index contributed by atoms with van der Waals surface area (Å²) < 4.78 is 77.0. The van der Waals surface area contributed by atoms with Gasteiger partial charge in [0.25, 0.3) is 0 Å². The normalized spacial score (nSPS) is 18.9. The average Bonchev–Trinajstić information content (AvgIpc) is 3.49. The Balaban J connectivity index is 0.00000641. The minimum absolute atomic E-state index is 0. The van der Waals surface area contributed by atoms with E-state index in [0.717, 1.165) is 59.0 Å². The molecule has 1 aliphatic carbocycles. The molecule has 3 aromatic rings. The quantitative estimate of drug-likeness (QED) is 0.0724. The topological polar surface area (TPSA) is 182 Å². The smallest absolute Gasteiger partial charge is 0.748 e. The van der Waals surface area contributed by atoms with Crippen LogP contribution in [0.3, 0.4) is 0 Å². The van der Waals surface area contributed by atoms with E-state index >= 15 is 0 Å². The Morgan fingerprint density at radius 2 is 1.43 bits per heavy atom. The number of benzene rings is 3. The maximum Gasteiger partial charge on any atom is 1.00 e. The molecule has 3 aromatic carbocycles. The summed E-state index contributed by atoms with van der Waals surface area (Å²) in [7, 11) is -8.59. The van der Waals surface area contributed by atoms with Gasteiger partial charge in [0.15, 0.2) is 5.71 Å². The number of para-hydroxylation sites is 2. The Kier molecular flexibility index (Phi) is 14.3. The molecule has 2 heterocycles. The van der Waals surface area contributed by atoms with E-state index in [1.807, 2.05) is 24.3 Å². The van der Waals surface area contributed by atoms with Gasteiger partial charge in [-0.1, -0.05) is 56.3 Å². The van der Waals surface area contributed by atoms with Gasteiger partial charge >= 0.3 is 29.6 Å². The minimum atomic E-state index is -4.29. The third-order valence-electron chi connectivity index (χ3n) is 11.3. The molecule has 0 spiro atoms. The van der Waals surface area contributed by atoms with Crippen LogP contribution in [-0.2, 0) is 31.1 Å². The molecule has 3 aliphatic rings. The van der Waals surface area contributed by atoms with Crippen LogP contribution in [0.2, 0.25) is 0 Å². The van der Waals surface area contributed by atoms with Gasteiger partial charge in [-0.25, -0.2) is 16.8 Å². The molecule has 0 saturated carbocycles. The summed E-state index contributed by atoms with van der Waals surface area (Å²) in [5, 5.41) is 0. The molecule has 14 heteroatoms. The van der Waals surface area contributed by atoms with Crippen molar-refractivity contribution in [2.75, 3.05) is 41.0 Å². The zero-order chi connectivity index (χ0) is 41.2. The zero-order valence-corrected chi connectivity index (χ0v) is 37.8. The molecule has 0 aromatic heterocycles. The number of rotatable bonds is 15. The summed E-state index contributed by atoms with van der Waals surface area (Å²) in [5.74, 6) is 0.499. The van der Waals surface area contributed by atoms with Crippen molar-refractivity contribution in [2.24, 2.45) is 0 Å². The first-order valence-electron chi connectivity index (χ1n) is 19.5. The second-order valence-electron chi connectivity index (χ2n) is 16.1. The van der Waals surface area contributed by atoms with E-state index in [0.29, 0.717) is 43.1 Å². The fraction of sp³-hybridized carbons (Fsp3) is 0.386. The number of anilines is 3. The molecule has 2 aliphatic heterocycles. The molecule has 0 amide bonds. The predicted octanol–water partition coefficient (Wildman–Crippen LogP) is 4.56. The number of ether oxygens (including phenoxy) is 1. The van der Waals surface area contributed by atoms with Crippen molar-refractivity contribution < 1.29 is 64.8 Å². The molecule has 0 unspecified atom stereocenters. The summed E-state index contributed by atoms with van der Waals surface area (Å²) >= 11 is 0. The first kappa shape index (κ1) is 45.4. The van der Waals surface area contributed by atoms with Gasteiger partial charge in [0.2, 0.25) is 5.69 Å². The standard InChI is InChI=1S/C44H54N4O7S2.Na/c1-43(2)34-16-5-7-18-38(34)47(26-9-11-28-56(49,50)51)40(43)24-20-31-14-13-15-32(42(31)55-33-22-23-36(45)37(46)30-33)21-25-41-44(3,4)35-17-6-8-19-39(35)48(41)27-10-12-29-57(52,53)54;/h5-8,16-25,30H,9-15,26-29,45-46H2,1-4H3,(H-,49,50,51,52,53,54);/q;+1/p-1. The summed E-state index contributed by atoms with van der Waals surface area (Å²) in [6, 6.07) is 21.7. The summed E-state index contributed by atoms with van der Waals surface area (Å²) in [6.07, 6.45) is 12.6. The summed E-state index contributed by atoms with van der Waals surface area (Å²) in [4.78, 5) is 2.23. The van der Waals surface area contributed by atoms with Gasteiger partial charge in [0.05, 0.1) is 37.0 Å². The van der Waals surface area contributed by atoms with Crippen molar-refractivity contribution in [3.05, 3.63) is 125 Å². The van der Waals surface area contributed by atoms with Crippen molar-refractivity contribution in [1.82, 2.24) is 0 Å². The maximum absolute atomic E-state index is 11.3. The first-order valence-corrected chi connectivity index (χ1v) is 22.7. The predicted molar refractivity (Wildman–Crippen MR) is 226 cm³/mol. The van der Waals surface area contributed by atoms with Gasteiger partial charge in [-0.15, -0.1) is 0 Å². The van der Waals surface area contributed by atoms with Crippen LogP contribution in [0.4, 0.5) is 22.7 Å². The molecule has 304 valence electrons. The molecule has 11 nitrogen and oxygen atoms in total. The fourth-order valence-corrected chi connectivity index (χ4v) is 9.42. The number of nitrogens with two attached hydrogens (primary N) is 2. The van der Waals surface area contributed by atoms with Crippen LogP contribution < -0.4 is 50.7 Å². The zero-order valence-electron chi connectivity index (χ0n) is 34.2. The van der Waals surface area contributed by atoms with Crippen LogP contribution in [0.5, 0.6) is 5.75 Å². The van der Waals surface area contributed by atoms with Crippen LogP contribution in [0.25, 0.3) is 0 Å². The van der Waals surface area contributed by atoms with E-state index in [1.54, 1.807) is 18.2 Å². The van der Waals surface area contributed by atoms with E-state index in [9.17, 15) is 25.9 Å². The molecule has 0 fully saturated rings. The molecule has 0 bridgehead atoms. The van der Waals surface area contributed by atoms with Crippen LogP contribution in [-0.4, -0.2) is 60.8 Å². The second kappa shape index (κ2) is 18.3. The number of allylic oxidation sites excluding steroid dienone is 7. The van der Waals surface area contributed by atoms with Gasteiger partial charge in [0.1, 0.15) is 18.1 Å². The molecular formula is C44H53N4NaO7S2. The Bertz CT molecular complexity index is 2420. The third kappa shape index (κ3) is 10.4. The Hall–Kier alpha value is -3.69. The van der Waals surface area contributed by atoms with Crippen LogP contribution in [0.1, 0.15) is 83.8 Å². The van der Waals surface area contributed by atoms with Crippen molar-refractivity contribution in [1.29, 1.82) is 0 Å². The molecule has 6 rings (SSSR count). The van der Waals surface area contributed by atoms with Gasteiger partial charge < -0.3 is 30.2 Å². The second-order valence-corrected chi connectivity index (χ2v) is 19.1. The maximum atomic E-state index is 11.3. The van der Waals surface area contributed by atoms with E-state index < -0.39 is 31.7 Å². The molecule has 0 radical (unpaired) electrons. The minimum Gasteiger partial charge on any atom is -0.748 e. The van der Waals surface area contributed by atoms with Gasteiger partial charge in [-0.05, 0) is 99.4 Å². The van der Waals surface area contributed by atoms with Gasteiger partial charge in [-0.3, -0.25) is 0 Å². The largest absolute Gasteiger partial charge is 1.00 e. The number of fused-ring (bicyclic) bond motifs is 2. The third-order valence-corrected chi connectivity index (χ3v) is 12.9. The number of hydrogen-bond acceptors (Lipinski definition) is 10. The fourth-order valence-electron chi connectivity index (χ4n) is 8.31. The number of nitrogen functional groups attached to an aromatic ring is 2. The van der Waals surface area contributed by atoms with E-state index in [2.05, 4.69) is 85.7 Å². The summed E-state index contributed by atoms with van der Waals surface area (Å²) in [6.45, 7) is 9.85. The van der Waals surface area contributed by atoms with Gasteiger partial charge in [0, 0.05) is 65.0 Å². The monoisotopic (exact) mass is 836 g/mol. The van der Waals surface area contributed by atoms with E-state index in [1.165, 1.54) is 11.1 Å². The van der Waals surface area contributed by atoms with Crippen molar-refractivity contribution >= 4 is 48.7 Å². The number of nitrogens with zero attached hydrogens (tertiary/aromatic N) is 2. The average molecular weight is 837 g/mol. The van der Waals surface area contributed by atoms with Crippen molar-refractivity contribution in [3.8, 4) is 5.75 Å². The van der Waals surface area contributed by atoms with Crippen LogP contribution in [0.15, 0.2) is 114 Å². The van der Waals surface area contributed by atoms with E-state index in [-0.39, 0.29) is 53.2 Å². The molecule has 0 saturated heterocycles.